The summed E-state index contributed by atoms with van der Waals surface area (Å²) in [4.78, 5) is 0. The molecule has 0 aliphatic heterocycles. The highest BCUT2D eigenvalue weighted by atomic mass is 35.5. The summed E-state index contributed by atoms with van der Waals surface area (Å²) >= 11 is 5.80. The molecule has 0 aromatic carbocycles. The van der Waals surface area contributed by atoms with Crippen LogP contribution in [0.5, 0.6) is 0 Å². The molecule has 1 aliphatic carbocycles. The van der Waals surface area contributed by atoms with Crippen molar-refractivity contribution in [2.24, 2.45) is 0 Å². The largest absolute Gasteiger partial charge is 0.394 e. The summed E-state index contributed by atoms with van der Waals surface area (Å²) < 4.78 is 1.84. The minimum atomic E-state index is -0.155. The normalized spacial score (nSPS) is 19.2. The van der Waals surface area contributed by atoms with E-state index in [0.717, 1.165) is 19.4 Å². The van der Waals surface area contributed by atoms with Crippen LogP contribution in [-0.4, -0.2) is 33.1 Å². The smallest absolute Gasteiger partial charge is 0.0785 e. The lowest BCUT2D eigenvalue weighted by Gasteiger charge is -2.29. The van der Waals surface area contributed by atoms with Gasteiger partial charge in [0.1, 0.15) is 0 Å². The number of aromatic nitrogens is 2. The Hall–Kier alpha value is -0.580. The van der Waals surface area contributed by atoms with Crippen LogP contribution in [0.15, 0.2) is 12.4 Å². The number of hydrogen-bond acceptors (Lipinski definition) is 3. The van der Waals surface area contributed by atoms with E-state index in [1.807, 2.05) is 10.9 Å². The molecular weight excluding hydrogens is 238 g/mol. The van der Waals surface area contributed by atoms with Gasteiger partial charge in [0.15, 0.2) is 0 Å². The lowest BCUT2D eigenvalue weighted by Crippen LogP contribution is -2.47. The van der Waals surface area contributed by atoms with Gasteiger partial charge in [-0.1, -0.05) is 11.6 Å². The van der Waals surface area contributed by atoms with Crippen molar-refractivity contribution < 1.29 is 5.11 Å². The Morgan fingerprint density at radius 2 is 2.41 bits per heavy atom. The van der Waals surface area contributed by atoms with Crippen LogP contribution in [0.25, 0.3) is 0 Å². The molecule has 0 bridgehead atoms. The van der Waals surface area contributed by atoms with E-state index < -0.39 is 0 Å². The van der Waals surface area contributed by atoms with E-state index >= 15 is 0 Å². The van der Waals surface area contributed by atoms with Crippen molar-refractivity contribution in [2.45, 2.75) is 50.7 Å². The molecule has 2 rings (SSSR count). The van der Waals surface area contributed by atoms with Gasteiger partial charge in [-0.2, -0.15) is 5.10 Å². The molecule has 1 aromatic rings. The van der Waals surface area contributed by atoms with Gasteiger partial charge in [0, 0.05) is 24.3 Å². The molecule has 1 aliphatic rings. The van der Waals surface area contributed by atoms with Crippen molar-refractivity contribution in [1.82, 2.24) is 15.1 Å². The zero-order valence-corrected chi connectivity index (χ0v) is 11.0. The van der Waals surface area contributed by atoms with E-state index in [1.165, 1.54) is 12.8 Å². The Bertz CT molecular complexity index is 364. The van der Waals surface area contributed by atoms with E-state index in [4.69, 9.17) is 11.6 Å². The second kappa shape index (κ2) is 5.38. The third kappa shape index (κ3) is 3.98. The molecule has 4 nitrogen and oxygen atoms in total. The summed E-state index contributed by atoms with van der Waals surface area (Å²) in [5.41, 5.74) is -0.155. The molecule has 1 saturated carbocycles. The van der Waals surface area contributed by atoms with E-state index in [9.17, 15) is 5.11 Å². The maximum absolute atomic E-state index is 9.46. The van der Waals surface area contributed by atoms with Crippen LogP contribution in [0.2, 0.25) is 5.02 Å². The Morgan fingerprint density at radius 1 is 1.65 bits per heavy atom. The highest BCUT2D eigenvalue weighted by Gasteiger charge is 2.31. The monoisotopic (exact) mass is 257 g/mol. The Morgan fingerprint density at radius 3 is 2.94 bits per heavy atom. The summed E-state index contributed by atoms with van der Waals surface area (Å²) in [5.74, 6) is 0. The lowest BCUT2D eigenvalue weighted by molar-refractivity contribution is 0.160. The van der Waals surface area contributed by atoms with Gasteiger partial charge in [-0.15, -0.1) is 0 Å². The first-order valence-corrected chi connectivity index (χ1v) is 6.56. The molecule has 0 amide bonds. The number of halogens is 1. The fourth-order valence-corrected chi connectivity index (χ4v) is 2.17. The summed E-state index contributed by atoms with van der Waals surface area (Å²) in [7, 11) is 0. The molecule has 5 heteroatoms. The number of rotatable bonds is 7. The molecule has 96 valence electrons. The van der Waals surface area contributed by atoms with Gasteiger partial charge in [-0.05, 0) is 32.6 Å². The van der Waals surface area contributed by atoms with Crippen molar-refractivity contribution in [3.05, 3.63) is 17.4 Å². The van der Waals surface area contributed by atoms with Crippen molar-refractivity contribution in [3.8, 4) is 0 Å². The molecule has 0 spiro atoms. The quantitative estimate of drug-likeness (QED) is 0.784. The van der Waals surface area contributed by atoms with Crippen molar-refractivity contribution in [2.75, 3.05) is 6.61 Å². The third-order valence-electron chi connectivity index (χ3n) is 3.20. The lowest BCUT2D eigenvalue weighted by atomic mass is 9.96. The van der Waals surface area contributed by atoms with E-state index in [-0.39, 0.29) is 12.1 Å². The fourth-order valence-electron chi connectivity index (χ4n) is 2.01. The van der Waals surface area contributed by atoms with Crippen LogP contribution >= 0.6 is 11.6 Å². The highest BCUT2D eigenvalue weighted by Crippen LogP contribution is 2.24. The van der Waals surface area contributed by atoms with E-state index in [0.29, 0.717) is 11.1 Å². The summed E-state index contributed by atoms with van der Waals surface area (Å²) in [5, 5.41) is 17.8. The zero-order valence-electron chi connectivity index (χ0n) is 10.2. The number of aliphatic hydroxyl groups excluding tert-OH is 1. The first kappa shape index (κ1) is 12.9. The molecule has 0 saturated heterocycles. The molecule has 1 heterocycles. The standard InChI is InChI=1S/C12H20ClN3O/c1-12(9-17,15-11-3-4-11)5-2-6-16-8-10(13)7-14-16/h7-8,11,15,17H,2-6,9H2,1H3. The number of aryl methyl sites for hydroxylation is 1. The summed E-state index contributed by atoms with van der Waals surface area (Å²) in [6, 6.07) is 0.617. The first-order valence-electron chi connectivity index (χ1n) is 6.18. The van der Waals surface area contributed by atoms with Crippen LogP contribution in [0, 0.1) is 0 Å². The number of hydrogen-bond donors (Lipinski definition) is 2. The average molecular weight is 258 g/mol. The van der Waals surface area contributed by atoms with Gasteiger partial charge in [-0.3, -0.25) is 4.68 Å². The van der Waals surface area contributed by atoms with Gasteiger partial charge in [-0.25, -0.2) is 0 Å². The fraction of sp³-hybridized carbons (Fsp3) is 0.750. The third-order valence-corrected chi connectivity index (χ3v) is 3.39. The predicted molar refractivity (Wildman–Crippen MR) is 68.1 cm³/mol. The van der Waals surface area contributed by atoms with Crippen molar-refractivity contribution in [1.29, 1.82) is 0 Å². The van der Waals surface area contributed by atoms with Crippen molar-refractivity contribution >= 4 is 11.6 Å². The second-order valence-electron chi connectivity index (χ2n) is 5.16. The number of aliphatic hydroxyl groups is 1. The van der Waals surface area contributed by atoms with Crippen LogP contribution < -0.4 is 5.32 Å². The average Bonchev–Trinajstić information content (AvgIpc) is 3.00. The highest BCUT2D eigenvalue weighted by molar-refractivity contribution is 6.30. The summed E-state index contributed by atoms with van der Waals surface area (Å²) in [6.07, 6.45) is 7.88. The first-order chi connectivity index (χ1) is 8.11. The predicted octanol–water partition coefficient (Wildman–Crippen LogP) is 1.82. The van der Waals surface area contributed by atoms with Crippen LogP contribution in [0.1, 0.15) is 32.6 Å². The Labute approximate surface area is 107 Å². The molecule has 1 atom stereocenters. The minimum absolute atomic E-state index is 0.155. The number of nitrogens with one attached hydrogen (secondary N) is 1. The molecule has 1 fully saturated rings. The minimum Gasteiger partial charge on any atom is -0.394 e. The maximum atomic E-state index is 9.46. The molecule has 2 N–H and O–H groups in total. The molecule has 1 unspecified atom stereocenters. The maximum Gasteiger partial charge on any atom is 0.0785 e. The van der Waals surface area contributed by atoms with Gasteiger partial charge >= 0.3 is 0 Å². The van der Waals surface area contributed by atoms with Gasteiger partial charge in [0.2, 0.25) is 0 Å². The molecule has 1 aromatic heterocycles. The van der Waals surface area contributed by atoms with Gasteiger partial charge < -0.3 is 10.4 Å². The Kier molecular flexibility index (Phi) is 4.07. The zero-order chi connectivity index (χ0) is 12.3. The van der Waals surface area contributed by atoms with E-state index in [2.05, 4.69) is 17.3 Å². The van der Waals surface area contributed by atoms with E-state index in [1.54, 1.807) is 6.20 Å². The van der Waals surface area contributed by atoms with Gasteiger partial charge in [0.05, 0.1) is 17.8 Å². The molecular formula is C12H20ClN3O. The SMILES string of the molecule is CC(CO)(CCCn1cc(Cl)cn1)NC1CC1. The van der Waals surface area contributed by atoms with Crippen molar-refractivity contribution in [3.63, 3.8) is 0 Å². The van der Waals surface area contributed by atoms with Crippen LogP contribution in [0.4, 0.5) is 0 Å². The van der Waals surface area contributed by atoms with Crippen LogP contribution in [0.3, 0.4) is 0 Å². The Balaban J connectivity index is 1.75. The van der Waals surface area contributed by atoms with Gasteiger partial charge in [0.25, 0.3) is 0 Å². The number of nitrogens with zero attached hydrogens (tertiary/aromatic N) is 2. The molecule has 0 radical (unpaired) electrons. The van der Waals surface area contributed by atoms with Crippen LogP contribution in [-0.2, 0) is 6.54 Å². The molecule has 17 heavy (non-hydrogen) atoms. The second-order valence-corrected chi connectivity index (χ2v) is 5.60. The topological polar surface area (TPSA) is 50.1 Å². The summed E-state index contributed by atoms with van der Waals surface area (Å²) in [6.45, 7) is 3.11.